The third-order valence-electron chi connectivity index (χ3n) is 3.28. The van der Waals surface area contributed by atoms with Crippen molar-refractivity contribution in [3.05, 3.63) is 45.4 Å². The van der Waals surface area contributed by atoms with E-state index in [0.717, 1.165) is 11.3 Å². The number of amides is 2. The zero-order valence-corrected chi connectivity index (χ0v) is 14.9. The van der Waals surface area contributed by atoms with Crippen LogP contribution in [0.15, 0.2) is 29.1 Å². The summed E-state index contributed by atoms with van der Waals surface area (Å²) in [6.45, 7) is 1.98. The highest BCUT2D eigenvalue weighted by atomic mass is 35.5. The first-order valence-corrected chi connectivity index (χ1v) is 8.58. The van der Waals surface area contributed by atoms with Crippen molar-refractivity contribution in [3.63, 3.8) is 0 Å². The van der Waals surface area contributed by atoms with Gasteiger partial charge in [0.1, 0.15) is 11.8 Å². The van der Waals surface area contributed by atoms with Crippen LogP contribution in [0.3, 0.4) is 0 Å². The Morgan fingerprint density at radius 1 is 1.42 bits per heavy atom. The second-order valence-electron chi connectivity index (χ2n) is 5.13. The molecular formula is C16H18ClN3O3S. The van der Waals surface area contributed by atoms with Gasteiger partial charge in [0.25, 0.3) is 0 Å². The molecule has 128 valence electrons. The summed E-state index contributed by atoms with van der Waals surface area (Å²) >= 11 is 7.50. The first kappa shape index (κ1) is 18.2. The van der Waals surface area contributed by atoms with Gasteiger partial charge < -0.3 is 15.4 Å². The van der Waals surface area contributed by atoms with Crippen LogP contribution in [0.2, 0.25) is 5.02 Å². The SMILES string of the molecule is COc1ccc(CC(=O)N[C@H](C)C(=O)NCc2cscn2)cc1Cl. The predicted molar refractivity (Wildman–Crippen MR) is 93.3 cm³/mol. The average Bonchev–Trinajstić information content (AvgIpc) is 3.06. The summed E-state index contributed by atoms with van der Waals surface area (Å²) in [6, 6.07) is 4.50. The molecule has 0 bridgehead atoms. The van der Waals surface area contributed by atoms with Gasteiger partial charge in [-0.15, -0.1) is 11.3 Å². The van der Waals surface area contributed by atoms with Gasteiger partial charge in [-0.25, -0.2) is 4.98 Å². The molecule has 2 aromatic rings. The van der Waals surface area contributed by atoms with E-state index in [0.29, 0.717) is 17.3 Å². The molecule has 0 fully saturated rings. The van der Waals surface area contributed by atoms with Crippen LogP contribution in [0.4, 0.5) is 0 Å². The molecule has 0 unspecified atom stereocenters. The first-order chi connectivity index (χ1) is 11.5. The van der Waals surface area contributed by atoms with Crippen LogP contribution in [0.25, 0.3) is 0 Å². The summed E-state index contributed by atoms with van der Waals surface area (Å²) in [5.41, 5.74) is 3.24. The Morgan fingerprint density at radius 3 is 2.83 bits per heavy atom. The number of hydrogen-bond donors (Lipinski definition) is 2. The average molecular weight is 368 g/mol. The molecule has 1 aromatic heterocycles. The number of methoxy groups -OCH3 is 1. The van der Waals surface area contributed by atoms with Gasteiger partial charge >= 0.3 is 0 Å². The fourth-order valence-electron chi connectivity index (χ4n) is 2.02. The summed E-state index contributed by atoms with van der Waals surface area (Å²) in [7, 11) is 1.53. The molecule has 0 aliphatic heterocycles. The highest BCUT2D eigenvalue weighted by Crippen LogP contribution is 2.25. The number of carbonyl (C=O) groups is 2. The van der Waals surface area contributed by atoms with Crippen LogP contribution in [-0.4, -0.2) is 29.9 Å². The molecule has 2 rings (SSSR count). The fraction of sp³-hybridized carbons (Fsp3) is 0.312. The van der Waals surface area contributed by atoms with E-state index in [1.807, 2.05) is 5.38 Å². The third-order valence-corrected chi connectivity index (χ3v) is 4.21. The van der Waals surface area contributed by atoms with E-state index in [1.165, 1.54) is 18.4 Å². The normalized spacial score (nSPS) is 11.6. The molecule has 2 N–H and O–H groups in total. The Hall–Kier alpha value is -2.12. The summed E-state index contributed by atoms with van der Waals surface area (Å²) < 4.78 is 5.07. The van der Waals surface area contributed by atoms with Crippen molar-refractivity contribution in [1.29, 1.82) is 0 Å². The number of carbonyl (C=O) groups excluding carboxylic acids is 2. The maximum atomic E-state index is 12.0. The number of rotatable bonds is 7. The monoisotopic (exact) mass is 367 g/mol. The van der Waals surface area contributed by atoms with Crippen LogP contribution in [0.1, 0.15) is 18.2 Å². The Kier molecular flexibility index (Phi) is 6.57. The Balaban J connectivity index is 1.82. The van der Waals surface area contributed by atoms with Crippen molar-refractivity contribution in [2.45, 2.75) is 25.9 Å². The molecule has 0 saturated heterocycles. The minimum atomic E-state index is -0.634. The number of hydrogen-bond acceptors (Lipinski definition) is 5. The second kappa shape index (κ2) is 8.65. The van der Waals surface area contributed by atoms with Crippen molar-refractivity contribution in [2.24, 2.45) is 0 Å². The van der Waals surface area contributed by atoms with E-state index in [9.17, 15) is 9.59 Å². The summed E-state index contributed by atoms with van der Waals surface area (Å²) in [5, 5.41) is 7.69. The summed E-state index contributed by atoms with van der Waals surface area (Å²) in [5.74, 6) is 0.0345. The lowest BCUT2D eigenvalue weighted by atomic mass is 10.1. The number of thiazole rings is 1. The topological polar surface area (TPSA) is 80.3 Å². The van der Waals surface area contributed by atoms with E-state index in [1.54, 1.807) is 30.6 Å². The molecular weight excluding hydrogens is 350 g/mol. The largest absolute Gasteiger partial charge is 0.495 e. The predicted octanol–water partition coefficient (Wildman–Crippen LogP) is 2.17. The first-order valence-electron chi connectivity index (χ1n) is 7.26. The van der Waals surface area contributed by atoms with Gasteiger partial charge in [0, 0.05) is 5.38 Å². The van der Waals surface area contributed by atoms with Crippen LogP contribution in [0, 0.1) is 0 Å². The van der Waals surface area contributed by atoms with Crippen molar-refractivity contribution >= 4 is 34.8 Å². The fourth-order valence-corrected chi connectivity index (χ4v) is 2.86. The lowest BCUT2D eigenvalue weighted by Gasteiger charge is -2.14. The van der Waals surface area contributed by atoms with Gasteiger partial charge in [-0.2, -0.15) is 0 Å². The summed E-state index contributed by atoms with van der Waals surface area (Å²) in [6.07, 6.45) is 0.132. The van der Waals surface area contributed by atoms with Gasteiger partial charge in [-0.05, 0) is 24.6 Å². The highest BCUT2D eigenvalue weighted by Gasteiger charge is 2.16. The lowest BCUT2D eigenvalue weighted by molar-refractivity contribution is -0.128. The van der Waals surface area contributed by atoms with Gasteiger partial charge in [-0.3, -0.25) is 9.59 Å². The molecule has 0 aliphatic rings. The van der Waals surface area contributed by atoms with Crippen LogP contribution < -0.4 is 15.4 Å². The molecule has 24 heavy (non-hydrogen) atoms. The van der Waals surface area contributed by atoms with Crippen molar-refractivity contribution in [1.82, 2.24) is 15.6 Å². The number of halogens is 1. The van der Waals surface area contributed by atoms with Crippen molar-refractivity contribution < 1.29 is 14.3 Å². The van der Waals surface area contributed by atoms with Gasteiger partial charge in [-0.1, -0.05) is 17.7 Å². The number of nitrogens with one attached hydrogen (secondary N) is 2. The molecule has 1 heterocycles. The molecule has 6 nitrogen and oxygen atoms in total. The van der Waals surface area contributed by atoms with E-state index < -0.39 is 6.04 Å². The molecule has 1 atom stereocenters. The standard InChI is InChI=1S/C16H18ClN3O3S/c1-10(16(22)18-7-12-8-24-9-19-12)20-15(21)6-11-3-4-14(23-2)13(17)5-11/h3-5,8-10H,6-7H2,1-2H3,(H,18,22)(H,20,21)/t10-/m1/s1. The lowest BCUT2D eigenvalue weighted by Crippen LogP contribution is -2.45. The Morgan fingerprint density at radius 2 is 2.21 bits per heavy atom. The van der Waals surface area contributed by atoms with Crippen LogP contribution in [0.5, 0.6) is 5.75 Å². The molecule has 2 amide bonds. The van der Waals surface area contributed by atoms with Gasteiger partial charge in [0.05, 0.1) is 36.3 Å². The van der Waals surface area contributed by atoms with E-state index in [4.69, 9.17) is 16.3 Å². The van der Waals surface area contributed by atoms with Crippen molar-refractivity contribution in [3.8, 4) is 5.75 Å². The summed E-state index contributed by atoms with van der Waals surface area (Å²) in [4.78, 5) is 28.1. The third kappa shape index (κ3) is 5.21. The zero-order chi connectivity index (χ0) is 17.5. The minimum Gasteiger partial charge on any atom is -0.495 e. The number of nitrogens with zero attached hydrogens (tertiary/aromatic N) is 1. The van der Waals surface area contributed by atoms with E-state index >= 15 is 0 Å². The number of ether oxygens (including phenoxy) is 1. The Bertz CT molecular complexity index is 707. The maximum absolute atomic E-state index is 12.0. The minimum absolute atomic E-state index is 0.132. The highest BCUT2D eigenvalue weighted by molar-refractivity contribution is 7.07. The van der Waals surface area contributed by atoms with E-state index in [-0.39, 0.29) is 18.2 Å². The Labute approximate surface area is 149 Å². The van der Waals surface area contributed by atoms with Gasteiger partial charge in [0.15, 0.2) is 0 Å². The second-order valence-corrected chi connectivity index (χ2v) is 6.26. The van der Waals surface area contributed by atoms with E-state index in [2.05, 4.69) is 15.6 Å². The van der Waals surface area contributed by atoms with Crippen LogP contribution >= 0.6 is 22.9 Å². The van der Waals surface area contributed by atoms with Crippen molar-refractivity contribution in [2.75, 3.05) is 7.11 Å². The maximum Gasteiger partial charge on any atom is 0.242 e. The molecule has 1 aromatic carbocycles. The number of benzene rings is 1. The quantitative estimate of drug-likeness (QED) is 0.786. The zero-order valence-electron chi connectivity index (χ0n) is 13.3. The number of aromatic nitrogens is 1. The van der Waals surface area contributed by atoms with Crippen LogP contribution in [-0.2, 0) is 22.6 Å². The molecule has 8 heteroatoms. The molecule has 0 spiro atoms. The smallest absolute Gasteiger partial charge is 0.242 e. The molecule has 0 aliphatic carbocycles. The molecule has 0 radical (unpaired) electrons. The van der Waals surface area contributed by atoms with Gasteiger partial charge in [0.2, 0.25) is 11.8 Å². The molecule has 0 saturated carbocycles.